The standard InChI is InChI=1S/C32H35N3O3S/c1-4-39(37,38)29-12-9-24(10-13-29)31(15-16-33)34-32(36)30-14-11-27(17-21(30)2)35(3)28-19-25(22-5-6-22)18-26(20-28)23-7-8-23/h9-14,17-20,22-23,31H,4-8,15H2,1-3H3,(H,34,36)/t31-/m0/s1. The fraction of sp³-hybridized carbons (Fsp3) is 0.375. The Kier molecular flexibility index (Phi) is 7.51. The van der Waals surface area contributed by atoms with Gasteiger partial charge >= 0.3 is 0 Å². The molecule has 0 spiro atoms. The van der Waals surface area contributed by atoms with Gasteiger partial charge in [-0.3, -0.25) is 4.79 Å². The van der Waals surface area contributed by atoms with Crippen LogP contribution < -0.4 is 10.2 Å². The number of carbonyl (C=O) groups is 1. The van der Waals surface area contributed by atoms with Crippen LogP contribution >= 0.6 is 0 Å². The summed E-state index contributed by atoms with van der Waals surface area (Å²) in [5, 5.41) is 12.3. The normalized spacial score (nSPS) is 15.8. The number of hydrogen-bond donors (Lipinski definition) is 1. The van der Waals surface area contributed by atoms with Crippen LogP contribution in [0.15, 0.2) is 65.6 Å². The van der Waals surface area contributed by atoms with Crippen molar-refractivity contribution < 1.29 is 13.2 Å². The lowest BCUT2D eigenvalue weighted by Gasteiger charge is -2.23. The number of sulfone groups is 1. The molecule has 2 aliphatic rings. The van der Waals surface area contributed by atoms with E-state index in [1.54, 1.807) is 19.1 Å². The Bertz CT molecular complexity index is 1500. The van der Waals surface area contributed by atoms with Gasteiger partial charge in [-0.25, -0.2) is 8.42 Å². The molecule has 0 unspecified atom stereocenters. The molecule has 0 saturated heterocycles. The lowest BCUT2D eigenvalue weighted by atomic mass is 10.0. The maximum atomic E-state index is 13.3. The third kappa shape index (κ3) is 6.02. The second kappa shape index (κ2) is 10.9. The summed E-state index contributed by atoms with van der Waals surface area (Å²) in [6.07, 6.45) is 5.17. The molecule has 0 heterocycles. The van der Waals surface area contributed by atoms with Crippen LogP contribution in [0, 0.1) is 18.3 Å². The highest BCUT2D eigenvalue weighted by molar-refractivity contribution is 7.91. The molecule has 1 N–H and O–H groups in total. The average Bonchev–Trinajstić information content (AvgIpc) is 3.85. The van der Waals surface area contributed by atoms with E-state index < -0.39 is 15.9 Å². The average molecular weight is 542 g/mol. The van der Waals surface area contributed by atoms with Crippen molar-refractivity contribution in [1.29, 1.82) is 5.26 Å². The number of amides is 1. The van der Waals surface area contributed by atoms with Crippen molar-refractivity contribution in [2.24, 2.45) is 0 Å². The Morgan fingerprint density at radius 3 is 2.10 bits per heavy atom. The Balaban J connectivity index is 1.34. The Morgan fingerprint density at radius 2 is 1.59 bits per heavy atom. The van der Waals surface area contributed by atoms with Crippen LogP contribution in [0.3, 0.4) is 0 Å². The first kappa shape index (κ1) is 27.0. The number of rotatable bonds is 10. The number of carbonyl (C=O) groups excluding carboxylic acids is 1. The zero-order valence-electron chi connectivity index (χ0n) is 22.8. The molecule has 2 fully saturated rings. The van der Waals surface area contributed by atoms with Crippen molar-refractivity contribution >= 4 is 27.1 Å². The summed E-state index contributed by atoms with van der Waals surface area (Å²) in [5.74, 6) is 1.14. The van der Waals surface area contributed by atoms with E-state index in [0.29, 0.717) is 23.0 Å². The van der Waals surface area contributed by atoms with Gasteiger partial charge in [-0.2, -0.15) is 5.26 Å². The molecular formula is C32H35N3O3S. The van der Waals surface area contributed by atoms with Crippen molar-refractivity contribution in [3.8, 4) is 6.07 Å². The van der Waals surface area contributed by atoms with E-state index in [4.69, 9.17) is 0 Å². The van der Waals surface area contributed by atoms with Gasteiger partial charge in [0.2, 0.25) is 0 Å². The van der Waals surface area contributed by atoms with Gasteiger partial charge in [0.25, 0.3) is 5.91 Å². The summed E-state index contributed by atoms with van der Waals surface area (Å²) in [6.45, 7) is 3.52. The second-order valence-corrected chi connectivity index (χ2v) is 13.1. The van der Waals surface area contributed by atoms with Crippen LogP contribution in [-0.2, 0) is 9.84 Å². The Morgan fingerprint density at radius 1 is 0.974 bits per heavy atom. The first-order valence-corrected chi connectivity index (χ1v) is 15.3. The van der Waals surface area contributed by atoms with Crippen molar-refractivity contribution in [3.63, 3.8) is 0 Å². The summed E-state index contributed by atoms with van der Waals surface area (Å²) in [4.78, 5) is 15.7. The molecule has 5 rings (SSSR count). The van der Waals surface area contributed by atoms with E-state index in [1.165, 1.54) is 54.6 Å². The van der Waals surface area contributed by atoms with E-state index in [9.17, 15) is 18.5 Å². The van der Waals surface area contributed by atoms with Crippen molar-refractivity contribution in [3.05, 3.63) is 88.5 Å². The fourth-order valence-corrected chi connectivity index (χ4v) is 5.96. The molecule has 202 valence electrons. The van der Waals surface area contributed by atoms with Crippen LogP contribution in [-0.4, -0.2) is 27.1 Å². The third-order valence-electron chi connectivity index (χ3n) is 7.91. The lowest BCUT2D eigenvalue weighted by Crippen LogP contribution is -2.29. The molecule has 7 heteroatoms. The number of aryl methyl sites for hydroxylation is 1. The summed E-state index contributed by atoms with van der Waals surface area (Å²) in [5.41, 5.74) is 7.16. The van der Waals surface area contributed by atoms with Crippen molar-refractivity contribution in [1.82, 2.24) is 5.32 Å². The molecule has 3 aromatic carbocycles. The van der Waals surface area contributed by atoms with E-state index in [1.807, 2.05) is 25.1 Å². The zero-order valence-corrected chi connectivity index (χ0v) is 23.6. The largest absolute Gasteiger partial charge is 0.345 e. The van der Waals surface area contributed by atoms with E-state index in [-0.39, 0.29) is 23.0 Å². The summed E-state index contributed by atoms with van der Waals surface area (Å²) in [7, 11) is -1.25. The molecule has 2 saturated carbocycles. The fourth-order valence-electron chi connectivity index (χ4n) is 5.07. The van der Waals surface area contributed by atoms with Crippen LogP contribution in [0.4, 0.5) is 11.4 Å². The minimum atomic E-state index is -3.32. The number of hydrogen-bond acceptors (Lipinski definition) is 5. The molecule has 0 aliphatic heterocycles. The van der Waals surface area contributed by atoms with Crippen LogP contribution in [0.25, 0.3) is 0 Å². The second-order valence-electron chi connectivity index (χ2n) is 10.8. The third-order valence-corrected chi connectivity index (χ3v) is 9.66. The lowest BCUT2D eigenvalue weighted by molar-refractivity contribution is 0.0936. The van der Waals surface area contributed by atoms with Crippen molar-refractivity contribution in [2.45, 2.75) is 68.7 Å². The monoisotopic (exact) mass is 541 g/mol. The van der Waals surface area contributed by atoms with E-state index in [2.05, 4.69) is 41.5 Å². The SMILES string of the molecule is CCS(=O)(=O)c1ccc([C@H](CC#N)NC(=O)c2ccc(N(C)c3cc(C4CC4)cc(C4CC4)c3)cc2C)cc1. The predicted octanol–water partition coefficient (Wildman–Crippen LogP) is 6.70. The summed E-state index contributed by atoms with van der Waals surface area (Å²) >= 11 is 0. The quantitative estimate of drug-likeness (QED) is 0.309. The molecule has 0 aromatic heterocycles. The van der Waals surface area contributed by atoms with Gasteiger partial charge in [0.15, 0.2) is 9.84 Å². The first-order valence-electron chi connectivity index (χ1n) is 13.7. The Labute approximate surface area is 231 Å². The number of anilines is 2. The molecule has 0 radical (unpaired) electrons. The Hall–Kier alpha value is -3.63. The van der Waals surface area contributed by atoms with Gasteiger partial charge in [-0.15, -0.1) is 0 Å². The number of nitriles is 1. The molecular weight excluding hydrogens is 506 g/mol. The molecule has 39 heavy (non-hydrogen) atoms. The highest BCUT2D eigenvalue weighted by Crippen LogP contribution is 2.47. The van der Waals surface area contributed by atoms with Gasteiger partial charge in [0, 0.05) is 24.0 Å². The maximum Gasteiger partial charge on any atom is 0.252 e. The van der Waals surface area contributed by atoms with Gasteiger partial charge in [-0.1, -0.05) is 25.1 Å². The molecule has 6 nitrogen and oxygen atoms in total. The molecule has 2 aliphatic carbocycles. The molecule has 3 aromatic rings. The summed E-state index contributed by atoms with van der Waals surface area (Å²) in [6, 6.07) is 20.8. The van der Waals surface area contributed by atoms with Gasteiger partial charge in [0.05, 0.1) is 29.2 Å². The predicted molar refractivity (Wildman–Crippen MR) is 154 cm³/mol. The smallest absolute Gasteiger partial charge is 0.252 e. The number of benzene rings is 3. The minimum absolute atomic E-state index is 0.0167. The number of nitrogens with one attached hydrogen (secondary N) is 1. The van der Waals surface area contributed by atoms with E-state index >= 15 is 0 Å². The van der Waals surface area contributed by atoms with Crippen LogP contribution in [0.2, 0.25) is 0 Å². The summed E-state index contributed by atoms with van der Waals surface area (Å²) < 4.78 is 24.3. The molecule has 1 amide bonds. The van der Waals surface area contributed by atoms with Gasteiger partial charge in [-0.05, 0) is 109 Å². The van der Waals surface area contributed by atoms with Crippen molar-refractivity contribution in [2.75, 3.05) is 17.7 Å². The highest BCUT2D eigenvalue weighted by atomic mass is 32.2. The van der Waals surface area contributed by atoms with Gasteiger partial charge in [0.1, 0.15) is 0 Å². The van der Waals surface area contributed by atoms with E-state index in [0.717, 1.165) is 11.3 Å². The maximum absolute atomic E-state index is 13.3. The first-order chi connectivity index (χ1) is 18.7. The zero-order chi connectivity index (χ0) is 27.7. The highest BCUT2D eigenvalue weighted by Gasteiger charge is 2.29. The molecule has 1 atom stereocenters. The minimum Gasteiger partial charge on any atom is -0.345 e. The van der Waals surface area contributed by atoms with Gasteiger partial charge < -0.3 is 10.2 Å². The number of nitrogens with zero attached hydrogens (tertiary/aromatic N) is 2. The van der Waals surface area contributed by atoms with Crippen LogP contribution in [0.5, 0.6) is 0 Å². The van der Waals surface area contributed by atoms with Crippen LogP contribution in [0.1, 0.15) is 89.5 Å². The molecule has 0 bridgehead atoms. The topological polar surface area (TPSA) is 90.3 Å².